The maximum Gasteiger partial charge on any atom is 0.266 e. The Bertz CT molecular complexity index is 382. The molecule has 4 heteroatoms. The standard InChI is InChI=1S/C12H18N2OS/c1-8(2)6-14(10-4-5-10)12(15)11-9(3)13-7-16-11/h7-8,10H,4-6H2,1-3H3. The quantitative estimate of drug-likeness (QED) is 0.808. The van der Waals surface area contributed by atoms with Crippen LogP contribution in [-0.4, -0.2) is 28.4 Å². The summed E-state index contributed by atoms with van der Waals surface area (Å²) in [5.41, 5.74) is 2.62. The fourth-order valence-electron chi connectivity index (χ4n) is 1.82. The van der Waals surface area contributed by atoms with Gasteiger partial charge in [0.15, 0.2) is 0 Å². The number of thiazole rings is 1. The number of carbonyl (C=O) groups is 1. The third-order valence-electron chi connectivity index (χ3n) is 2.75. The number of rotatable bonds is 4. The molecule has 1 saturated carbocycles. The second-order valence-electron chi connectivity index (χ2n) is 4.85. The summed E-state index contributed by atoms with van der Waals surface area (Å²) in [6, 6.07) is 0.483. The maximum atomic E-state index is 12.3. The van der Waals surface area contributed by atoms with Gasteiger partial charge in [-0.2, -0.15) is 0 Å². The summed E-state index contributed by atoms with van der Waals surface area (Å²) >= 11 is 1.46. The van der Waals surface area contributed by atoms with Gasteiger partial charge in [0.2, 0.25) is 0 Å². The molecule has 1 fully saturated rings. The van der Waals surface area contributed by atoms with Crippen molar-refractivity contribution in [1.29, 1.82) is 0 Å². The molecule has 1 amide bonds. The van der Waals surface area contributed by atoms with Crippen molar-refractivity contribution in [1.82, 2.24) is 9.88 Å². The van der Waals surface area contributed by atoms with Crippen molar-refractivity contribution in [3.05, 3.63) is 16.1 Å². The molecule has 0 unspecified atom stereocenters. The summed E-state index contributed by atoms with van der Waals surface area (Å²) in [6.45, 7) is 7.08. The van der Waals surface area contributed by atoms with E-state index in [9.17, 15) is 4.79 Å². The summed E-state index contributed by atoms with van der Waals surface area (Å²) in [5.74, 6) is 0.703. The first-order valence-electron chi connectivity index (χ1n) is 5.80. The SMILES string of the molecule is Cc1ncsc1C(=O)N(CC(C)C)C1CC1. The first-order valence-corrected chi connectivity index (χ1v) is 6.68. The number of amides is 1. The molecule has 0 aromatic carbocycles. The number of hydrogen-bond donors (Lipinski definition) is 0. The Labute approximate surface area is 100 Å². The summed E-state index contributed by atoms with van der Waals surface area (Å²) in [4.78, 5) is 19.3. The molecule has 0 bridgehead atoms. The van der Waals surface area contributed by atoms with E-state index >= 15 is 0 Å². The summed E-state index contributed by atoms with van der Waals surface area (Å²) < 4.78 is 0. The molecule has 1 aromatic rings. The van der Waals surface area contributed by atoms with Crippen LogP contribution < -0.4 is 0 Å². The van der Waals surface area contributed by atoms with Crippen LogP contribution in [0.3, 0.4) is 0 Å². The van der Waals surface area contributed by atoms with Crippen molar-refractivity contribution in [2.24, 2.45) is 5.92 Å². The minimum absolute atomic E-state index is 0.177. The minimum Gasteiger partial charge on any atom is -0.335 e. The van der Waals surface area contributed by atoms with Crippen molar-refractivity contribution in [2.75, 3.05) is 6.54 Å². The van der Waals surface area contributed by atoms with E-state index in [2.05, 4.69) is 18.8 Å². The Morgan fingerprint density at radius 1 is 1.62 bits per heavy atom. The third kappa shape index (κ3) is 2.43. The highest BCUT2D eigenvalue weighted by molar-refractivity contribution is 7.11. The van der Waals surface area contributed by atoms with Gasteiger partial charge in [-0.05, 0) is 25.7 Å². The largest absolute Gasteiger partial charge is 0.335 e. The van der Waals surface area contributed by atoms with Gasteiger partial charge in [0.1, 0.15) is 4.88 Å². The number of aromatic nitrogens is 1. The lowest BCUT2D eigenvalue weighted by molar-refractivity contribution is 0.0726. The number of carbonyl (C=O) groups excluding carboxylic acids is 1. The highest BCUT2D eigenvalue weighted by Crippen LogP contribution is 2.30. The smallest absolute Gasteiger partial charge is 0.266 e. The monoisotopic (exact) mass is 238 g/mol. The van der Waals surface area contributed by atoms with Crippen LogP contribution in [0.1, 0.15) is 42.1 Å². The van der Waals surface area contributed by atoms with Gasteiger partial charge in [0, 0.05) is 12.6 Å². The highest BCUT2D eigenvalue weighted by atomic mass is 32.1. The Hall–Kier alpha value is -0.900. The van der Waals surface area contributed by atoms with Gasteiger partial charge in [-0.15, -0.1) is 11.3 Å². The Kier molecular flexibility index (Phi) is 3.28. The molecule has 88 valence electrons. The van der Waals surface area contributed by atoms with E-state index in [1.807, 2.05) is 11.8 Å². The number of aryl methyl sites for hydroxylation is 1. The van der Waals surface area contributed by atoms with E-state index in [-0.39, 0.29) is 5.91 Å². The van der Waals surface area contributed by atoms with Crippen LogP contribution in [0.5, 0.6) is 0 Å². The second kappa shape index (κ2) is 4.53. The van der Waals surface area contributed by atoms with Crippen molar-refractivity contribution in [2.45, 2.75) is 39.7 Å². The van der Waals surface area contributed by atoms with Gasteiger partial charge in [0.05, 0.1) is 11.2 Å². The molecule has 1 aromatic heterocycles. The van der Waals surface area contributed by atoms with E-state index in [0.717, 1.165) is 30.0 Å². The normalized spacial score (nSPS) is 15.5. The van der Waals surface area contributed by atoms with Gasteiger partial charge in [-0.25, -0.2) is 4.98 Å². The molecule has 16 heavy (non-hydrogen) atoms. The first-order chi connectivity index (χ1) is 7.59. The van der Waals surface area contributed by atoms with Crippen LogP contribution in [0.4, 0.5) is 0 Å². The Morgan fingerprint density at radius 2 is 2.31 bits per heavy atom. The Balaban J connectivity index is 2.14. The van der Waals surface area contributed by atoms with E-state index in [4.69, 9.17) is 0 Å². The van der Waals surface area contributed by atoms with Gasteiger partial charge in [-0.3, -0.25) is 4.79 Å². The molecule has 0 radical (unpaired) electrons. The van der Waals surface area contributed by atoms with Crippen molar-refractivity contribution in [3.8, 4) is 0 Å². The average Bonchev–Trinajstić information content (AvgIpc) is 2.97. The number of hydrogen-bond acceptors (Lipinski definition) is 3. The molecular formula is C12H18N2OS. The maximum absolute atomic E-state index is 12.3. The van der Waals surface area contributed by atoms with E-state index in [0.29, 0.717) is 12.0 Å². The summed E-state index contributed by atoms with van der Waals surface area (Å²) in [7, 11) is 0. The molecule has 0 aliphatic heterocycles. The molecule has 0 spiro atoms. The predicted octanol–water partition coefficient (Wildman–Crippen LogP) is 2.71. The van der Waals surface area contributed by atoms with E-state index in [1.165, 1.54) is 11.3 Å². The molecular weight excluding hydrogens is 220 g/mol. The van der Waals surface area contributed by atoms with Crippen molar-refractivity contribution >= 4 is 17.2 Å². The fourth-order valence-corrected chi connectivity index (χ4v) is 2.57. The molecule has 0 saturated heterocycles. The van der Waals surface area contributed by atoms with Crippen molar-refractivity contribution < 1.29 is 4.79 Å². The molecule has 1 aliphatic rings. The second-order valence-corrected chi connectivity index (χ2v) is 5.70. The lowest BCUT2D eigenvalue weighted by atomic mass is 10.2. The number of nitrogens with zero attached hydrogens (tertiary/aromatic N) is 2. The van der Waals surface area contributed by atoms with E-state index < -0.39 is 0 Å². The summed E-state index contributed by atoms with van der Waals surface area (Å²) in [6.07, 6.45) is 2.33. The molecule has 0 N–H and O–H groups in total. The zero-order chi connectivity index (χ0) is 11.7. The zero-order valence-electron chi connectivity index (χ0n) is 10.1. The first kappa shape index (κ1) is 11.6. The molecule has 1 aliphatic carbocycles. The van der Waals surface area contributed by atoms with Gasteiger partial charge < -0.3 is 4.90 Å². The van der Waals surface area contributed by atoms with Gasteiger partial charge in [0.25, 0.3) is 5.91 Å². The van der Waals surface area contributed by atoms with Gasteiger partial charge in [-0.1, -0.05) is 13.8 Å². The molecule has 3 nitrogen and oxygen atoms in total. The lowest BCUT2D eigenvalue weighted by Gasteiger charge is -2.23. The van der Waals surface area contributed by atoms with Crippen LogP contribution >= 0.6 is 11.3 Å². The van der Waals surface area contributed by atoms with E-state index in [1.54, 1.807) is 5.51 Å². The van der Waals surface area contributed by atoms with Crippen molar-refractivity contribution in [3.63, 3.8) is 0 Å². The molecule has 1 heterocycles. The van der Waals surface area contributed by atoms with Crippen LogP contribution in [0.15, 0.2) is 5.51 Å². The minimum atomic E-state index is 0.177. The van der Waals surface area contributed by atoms with Crippen LogP contribution in [0.25, 0.3) is 0 Å². The fraction of sp³-hybridized carbons (Fsp3) is 0.667. The topological polar surface area (TPSA) is 33.2 Å². The average molecular weight is 238 g/mol. The molecule has 0 atom stereocenters. The van der Waals surface area contributed by atoms with Crippen LogP contribution in [0.2, 0.25) is 0 Å². The van der Waals surface area contributed by atoms with Gasteiger partial charge >= 0.3 is 0 Å². The van der Waals surface area contributed by atoms with Crippen LogP contribution in [0, 0.1) is 12.8 Å². The zero-order valence-corrected chi connectivity index (χ0v) is 10.9. The predicted molar refractivity (Wildman–Crippen MR) is 65.7 cm³/mol. The highest BCUT2D eigenvalue weighted by Gasteiger charge is 2.34. The molecule has 2 rings (SSSR count). The Morgan fingerprint density at radius 3 is 2.75 bits per heavy atom. The summed E-state index contributed by atoms with van der Waals surface area (Å²) in [5, 5.41) is 0. The van der Waals surface area contributed by atoms with Crippen LogP contribution in [-0.2, 0) is 0 Å². The lowest BCUT2D eigenvalue weighted by Crippen LogP contribution is -2.36. The third-order valence-corrected chi connectivity index (χ3v) is 3.67.